The molecule has 0 unspecified atom stereocenters. The van der Waals surface area contributed by atoms with Gasteiger partial charge in [0, 0.05) is 41.3 Å². The highest BCUT2D eigenvalue weighted by molar-refractivity contribution is 6.21. The monoisotopic (exact) mass is 637 g/mol. The molecule has 5 rings (SSSR count). The van der Waals surface area contributed by atoms with E-state index in [9.17, 15) is 35.1 Å². The third-order valence-electron chi connectivity index (χ3n) is 10.3. The number of phenols is 3. The number of ketones is 1. The molecule has 0 saturated carbocycles. The molecule has 3 heterocycles. The Morgan fingerprint density at radius 3 is 2.11 bits per heavy atom. The second-order valence-electron chi connectivity index (χ2n) is 13.4. The minimum absolute atomic E-state index is 0.0110. The molecule has 5 bridgehead atoms. The molecule has 0 spiro atoms. The highest BCUT2D eigenvalue weighted by Gasteiger charge is 2.49. The van der Waals surface area contributed by atoms with Crippen LogP contribution in [-0.2, 0) is 9.53 Å². The second-order valence-corrected chi connectivity index (χ2v) is 13.4. The van der Waals surface area contributed by atoms with Gasteiger partial charge in [-0.15, -0.1) is 0 Å². The van der Waals surface area contributed by atoms with Gasteiger partial charge in [-0.25, -0.2) is 0 Å². The summed E-state index contributed by atoms with van der Waals surface area (Å²) in [6.45, 7) is 16.3. The zero-order valence-electron chi connectivity index (χ0n) is 28.0. The molecule has 9 atom stereocenters. The number of ether oxygens (including phenoxy) is 2. The lowest BCUT2D eigenvalue weighted by Gasteiger charge is -2.36. The van der Waals surface area contributed by atoms with E-state index in [1.165, 1.54) is 20.1 Å². The Hall–Kier alpha value is -4.02. The number of phenolic OH excluding ortho intramolecular Hbond substituents is 3. The number of amides is 1. The van der Waals surface area contributed by atoms with Gasteiger partial charge in [-0.1, -0.05) is 59.8 Å². The second kappa shape index (κ2) is 13.0. The molecule has 2 aromatic carbocycles. The predicted molar refractivity (Wildman–Crippen MR) is 176 cm³/mol. The standard InChI is InChI=1S/C36H47NO9/c1-16-13-14-45-36(9)34(43)28-26-25(38)15-24(32(42)27(26)31(41)23(8)33(28)46-36)37-35(44)18(3)12-10-11-17(2)29(39)22(7)30(40)21(6)20(5)19(16)4/h10-17,19-22,29-30,38-42H,1-9H3,(H,37,44)/b11-10+,14-13+,18-12-/t16-,17-,19+,20+,21-,22+,29-,30-,36-/m0/s1. The van der Waals surface area contributed by atoms with Crippen LogP contribution in [0.4, 0.5) is 5.69 Å². The number of rotatable bonds is 0. The Bertz CT molecular complexity index is 1630. The van der Waals surface area contributed by atoms with E-state index in [0.717, 1.165) is 6.07 Å². The zero-order valence-corrected chi connectivity index (χ0v) is 28.0. The predicted octanol–water partition coefficient (Wildman–Crippen LogP) is 6.08. The molecule has 6 N–H and O–H groups in total. The topological polar surface area (TPSA) is 166 Å². The van der Waals surface area contributed by atoms with Gasteiger partial charge >= 0.3 is 5.79 Å². The van der Waals surface area contributed by atoms with E-state index in [4.69, 9.17) is 9.47 Å². The van der Waals surface area contributed by atoms with Crippen molar-refractivity contribution >= 4 is 28.2 Å². The van der Waals surface area contributed by atoms with Crippen molar-refractivity contribution in [2.45, 2.75) is 80.3 Å². The number of aromatic hydroxyl groups is 3. The van der Waals surface area contributed by atoms with Gasteiger partial charge in [-0.05, 0) is 43.6 Å². The van der Waals surface area contributed by atoms with Crippen LogP contribution in [-0.4, -0.2) is 55.2 Å². The number of aliphatic hydroxyl groups excluding tert-OH is 2. The molecular formula is C36H47NO9. The number of anilines is 1. The summed E-state index contributed by atoms with van der Waals surface area (Å²) in [5, 5.41) is 57.9. The Kier molecular flexibility index (Phi) is 9.85. The van der Waals surface area contributed by atoms with Crippen LogP contribution in [0.25, 0.3) is 10.8 Å². The molecule has 0 radical (unpaired) electrons. The molecule has 10 nitrogen and oxygen atoms in total. The number of carbonyl (C=O) groups is 2. The van der Waals surface area contributed by atoms with Gasteiger partial charge in [0.2, 0.25) is 0 Å². The van der Waals surface area contributed by atoms with E-state index in [0.29, 0.717) is 0 Å². The normalized spacial score (nSPS) is 35.2. The molecule has 3 aliphatic rings. The molecule has 0 aliphatic carbocycles. The van der Waals surface area contributed by atoms with E-state index < -0.39 is 52.9 Å². The quantitative estimate of drug-likeness (QED) is 0.148. The van der Waals surface area contributed by atoms with Gasteiger partial charge < -0.3 is 40.3 Å². The number of benzene rings is 2. The molecular weight excluding hydrogens is 590 g/mol. The van der Waals surface area contributed by atoms with Gasteiger partial charge in [0.1, 0.15) is 17.2 Å². The summed E-state index contributed by atoms with van der Waals surface area (Å²) in [5.41, 5.74) is 0.155. The average Bonchev–Trinajstić information content (AvgIpc) is 3.28. The number of hydrogen-bond acceptors (Lipinski definition) is 9. The number of aliphatic hydroxyl groups is 2. The van der Waals surface area contributed by atoms with E-state index >= 15 is 0 Å². The smallest absolute Gasteiger partial charge is 0.312 e. The molecule has 0 fully saturated rings. The van der Waals surface area contributed by atoms with E-state index in [2.05, 4.69) is 19.2 Å². The van der Waals surface area contributed by atoms with Crippen molar-refractivity contribution in [1.29, 1.82) is 0 Å². The maximum Gasteiger partial charge on any atom is 0.312 e. The summed E-state index contributed by atoms with van der Waals surface area (Å²) in [6.07, 6.45) is 6.52. The van der Waals surface area contributed by atoms with Gasteiger partial charge in [0.25, 0.3) is 11.7 Å². The lowest BCUT2D eigenvalue weighted by molar-refractivity contribution is -0.112. The Labute approximate surface area is 270 Å². The van der Waals surface area contributed by atoms with Gasteiger partial charge in [0.05, 0.1) is 35.1 Å². The first kappa shape index (κ1) is 34.8. The summed E-state index contributed by atoms with van der Waals surface area (Å²) in [5.74, 6) is -5.30. The van der Waals surface area contributed by atoms with Crippen LogP contribution < -0.4 is 10.1 Å². The number of nitrogens with one attached hydrogen (secondary N) is 1. The Morgan fingerprint density at radius 1 is 0.804 bits per heavy atom. The third-order valence-corrected chi connectivity index (χ3v) is 10.3. The fraction of sp³-hybridized carbons (Fsp3) is 0.500. The summed E-state index contributed by atoms with van der Waals surface area (Å²) in [7, 11) is 0. The highest BCUT2D eigenvalue weighted by atomic mass is 16.7. The number of allylic oxidation sites excluding steroid dienone is 3. The van der Waals surface area contributed by atoms with Crippen molar-refractivity contribution in [1.82, 2.24) is 0 Å². The van der Waals surface area contributed by atoms with E-state index in [1.807, 2.05) is 33.8 Å². The van der Waals surface area contributed by atoms with Crippen LogP contribution in [0.5, 0.6) is 23.0 Å². The molecule has 3 aliphatic heterocycles. The molecule has 250 valence electrons. The fourth-order valence-electron chi connectivity index (χ4n) is 6.41. The SMILES string of the molecule is C/C1=C/C=C/[C@H](C)[C@H](O)[C@@H](C)[C@@H](O)[C@@H](C)[C@H](C)[C@H](C)[C@@H](C)/C=C/O[C@@]2(C)Oc3c(C)c(O)c4c(O)c(cc(O)c4c3C2=O)NC1=O. The van der Waals surface area contributed by atoms with E-state index in [1.54, 1.807) is 25.2 Å². The van der Waals surface area contributed by atoms with Crippen molar-refractivity contribution in [2.75, 3.05) is 5.32 Å². The first-order valence-electron chi connectivity index (χ1n) is 15.8. The van der Waals surface area contributed by atoms with Crippen molar-refractivity contribution in [2.24, 2.45) is 35.5 Å². The van der Waals surface area contributed by atoms with Crippen LogP contribution in [0.3, 0.4) is 0 Å². The summed E-state index contributed by atoms with van der Waals surface area (Å²) >= 11 is 0. The van der Waals surface area contributed by atoms with Gasteiger partial charge in [-0.2, -0.15) is 0 Å². The number of carbonyl (C=O) groups excluding carboxylic acids is 2. The Balaban J connectivity index is 1.83. The minimum atomic E-state index is -1.83. The van der Waals surface area contributed by atoms with E-state index in [-0.39, 0.29) is 68.5 Å². The number of hydrogen-bond donors (Lipinski definition) is 6. The molecule has 1 amide bonds. The van der Waals surface area contributed by atoms with Crippen molar-refractivity contribution in [3.05, 3.63) is 53.3 Å². The van der Waals surface area contributed by atoms with Crippen molar-refractivity contribution in [3.63, 3.8) is 0 Å². The summed E-state index contributed by atoms with van der Waals surface area (Å²) in [6, 6.07) is 1.10. The van der Waals surface area contributed by atoms with Crippen LogP contribution >= 0.6 is 0 Å². The minimum Gasteiger partial charge on any atom is -0.507 e. The maximum absolute atomic E-state index is 13.8. The molecule has 10 heteroatoms. The highest BCUT2D eigenvalue weighted by Crippen LogP contribution is 2.53. The first-order valence-corrected chi connectivity index (χ1v) is 15.8. The average molecular weight is 638 g/mol. The van der Waals surface area contributed by atoms with Crippen molar-refractivity contribution < 1.29 is 44.6 Å². The largest absolute Gasteiger partial charge is 0.507 e. The maximum atomic E-state index is 13.8. The lowest BCUT2D eigenvalue weighted by atomic mass is 9.72. The number of fused-ring (bicyclic) bond motifs is 14. The molecule has 46 heavy (non-hydrogen) atoms. The molecule has 0 aromatic heterocycles. The first-order chi connectivity index (χ1) is 21.4. The van der Waals surface area contributed by atoms with Crippen LogP contribution in [0.2, 0.25) is 0 Å². The fourth-order valence-corrected chi connectivity index (χ4v) is 6.41. The Morgan fingerprint density at radius 2 is 1.46 bits per heavy atom. The van der Waals surface area contributed by atoms with Crippen molar-refractivity contribution in [3.8, 4) is 23.0 Å². The zero-order chi connectivity index (χ0) is 34.4. The van der Waals surface area contributed by atoms with Crippen LogP contribution in [0.1, 0.15) is 71.3 Å². The summed E-state index contributed by atoms with van der Waals surface area (Å²) < 4.78 is 11.9. The van der Waals surface area contributed by atoms with Crippen LogP contribution in [0, 0.1) is 42.4 Å². The van der Waals surface area contributed by atoms with Crippen LogP contribution in [0.15, 0.2) is 42.2 Å². The molecule has 0 saturated heterocycles. The van der Waals surface area contributed by atoms with Gasteiger partial charge in [0.15, 0.2) is 5.75 Å². The third kappa shape index (κ3) is 6.08. The number of Topliss-reactive ketones (excluding diaryl/α,β-unsaturated/α-hetero) is 1. The molecule has 2 aromatic rings. The van der Waals surface area contributed by atoms with Gasteiger partial charge in [-0.3, -0.25) is 9.59 Å². The summed E-state index contributed by atoms with van der Waals surface area (Å²) in [4.78, 5) is 26.9. The lowest BCUT2D eigenvalue weighted by Crippen LogP contribution is -2.40.